The lowest BCUT2D eigenvalue weighted by Crippen LogP contribution is -2.35. The number of fused-ring (bicyclic) bond motifs is 1. The summed E-state index contributed by atoms with van der Waals surface area (Å²) in [6.45, 7) is 1.10. The molecular weight excluding hydrogens is 428 g/mol. The number of halogens is 1. The average Bonchev–Trinajstić information content (AvgIpc) is 3.11. The van der Waals surface area contributed by atoms with E-state index in [-0.39, 0.29) is 18.2 Å². The molecule has 3 rings (SSSR count). The third-order valence-electron chi connectivity index (χ3n) is 3.87. The van der Waals surface area contributed by atoms with Crippen LogP contribution in [0.25, 0.3) is 11.0 Å². The lowest BCUT2D eigenvalue weighted by molar-refractivity contribution is -0.126. The highest BCUT2D eigenvalue weighted by molar-refractivity contribution is 9.10. The summed E-state index contributed by atoms with van der Waals surface area (Å²) in [6.07, 6.45) is 0. The van der Waals surface area contributed by atoms with Gasteiger partial charge in [-0.05, 0) is 42.8 Å². The fourth-order valence-electron chi connectivity index (χ4n) is 2.48. The summed E-state index contributed by atoms with van der Waals surface area (Å²) < 4.78 is 11.2. The molecule has 0 aliphatic carbocycles. The Hall–Kier alpha value is -3.13. The van der Waals surface area contributed by atoms with E-state index in [1.807, 2.05) is 19.1 Å². The molecule has 8 heteroatoms. The van der Waals surface area contributed by atoms with E-state index in [0.29, 0.717) is 11.3 Å². The first kappa shape index (κ1) is 19.6. The van der Waals surface area contributed by atoms with Crippen LogP contribution in [-0.4, -0.2) is 30.9 Å². The molecule has 1 aromatic heterocycles. The fourth-order valence-corrected chi connectivity index (χ4v) is 2.95. The van der Waals surface area contributed by atoms with Crippen LogP contribution >= 0.6 is 15.9 Å². The van der Waals surface area contributed by atoms with E-state index in [2.05, 4.69) is 26.6 Å². The highest BCUT2D eigenvalue weighted by atomic mass is 79.9. The molecule has 0 unspecified atom stereocenters. The Bertz CT molecular complexity index is 1010. The Kier molecular flexibility index (Phi) is 6.10. The third-order valence-corrected chi connectivity index (χ3v) is 4.36. The Morgan fingerprint density at radius 3 is 2.61 bits per heavy atom. The molecule has 1 heterocycles. The molecule has 3 aromatic rings. The second-order valence-corrected chi connectivity index (χ2v) is 6.92. The van der Waals surface area contributed by atoms with Gasteiger partial charge in [-0.1, -0.05) is 34.1 Å². The minimum absolute atomic E-state index is 0.0115. The van der Waals surface area contributed by atoms with Crippen LogP contribution in [0, 0.1) is 6.92 Å². The summed E-state index contributed by atoms with van der Waals surface area (Å²) in [5, 5.41) is 5.86. The van der Waals surface area contributed by atoms with Crippen molar-refractivity contribution < 1.29 is 23.5 Å². The summed E-state index contributed by atoms with van der Waals surface area (Å²) in [6, 6.07) is 14.1. The summed E-state index contributed by atoms with van der Waals surface area (Å²) >= 11 is 3.35. The number of para-hydroxylation sites is 1. The second-order valence-electron chi connectivity index (χ2n) is 6.01. The molecule has 0 bridgehead atoms. The van der Waals surface area contributed by atoms with Gasteiger partial charge in [0.1, 0.15) is 5.58 Å². The molecule has 0 radical (unpaired) electrons. The van der Waals surface area contributed by atoms with Crippen molar-refractivity contribution in [2.24, 2.45) is 0 Å². The SMILES string of the molecule is Cc1cc(Br)ccc1NC(=O)CNC(=O)COC(=O)c1cc2ccccc2o1. The number of esters is 1. The van der Waals surface area contributed by atoms with Gasteiger partial charge in [-0.3, -0.25) is 9.59 Å². The second kappa shape index (κ2) is 8.71. The van der Waals surface area contributed by atoms with E-state index in [1.165, 1.54) is 0 Å². The van der Waals surface area contributed by atoms with Crippen LogP contribution in [0.15, 0.2) is 57.4 Å². The molecular formula is C20H17BrN2O5. The van der Waals surface area contributed by atoms with Crippen molar-refractivity contribution in [3.05, 3.63) is 64.3 Å². The first-order chi connectivity index (χ1) is 13.4. The lowest BCUT2D eigenvalue weighted by atomic mass is 10.2. The van der Waals surface area contributed by atoms with Gasteiger partial charge in [-0.15, -0.1) is 0 Å². The van der Waals surface area contributed by atoms with Crippen molar-refractivity contribution in [1.82, 2.24) is 5.32 Å². The van der Waals surface area contributed by atoms with Crippen molar-refractivity contribution in [1.29, 1.82) is 0 Å². The average molecular weight is 445 g/mol. The summed E-state index contributed by atoms with van der Waals surface area (Å²) in [5.41, 5.74) is 2.09. The van der Waals surface area contributed by atoms with E-state index in [9.17, 15) is 14.4 Å². The van der Waals surface area contributed by atoms with Crippen molar-refractivity contribution in [3.8, 4) is 0 Å². The van der Waals surface area contributed by atoms with Crippen LogP contribution < -0.4 is 10.6 Å². The number of anilines is 1. The lowest BCUT2D eigenvalue weighted by Gasteiger charge is -2.09. The van der Waals surface area contributed by atoms with Gasteiger partial charge in [-0.25, -0.2) is 4.79 Å². The van der Waals surface area contributed by atoms with E-state index in [0.717, 1.165) is 15.4 Å². The number of nitrogens with one attached hydrogen (secondary N) is 2. The number of carbonyl (C=O) groups is 3. The Morgan fingerprint density at radius 2 is 1.86 bits per heavy atom. The number of amides is 2. The van der Waals surface area contributed by atoms with Gasteiger partial charge in [0.05, 0.1) is 6.54 Å². The van der Waals surface area contributed by atoms with Crippen molar-refractivity contribution in [2.75, 3.05) is 18.5 Å². The van der Waals surface area contributed by atoms with Crippen LogP contribution in [-0.2, 0) is 14.3 Å². The number of rotatable bonds is 6. The highest BCUT2D eigenvalue weighted by Gasteiger charge is 2.15. The van der Waals surface area contributed by atoms with Crippen molar-refractivity contribution in [2.45, 2.75) is 6.92 Å². The number of hydrogen-bond donors (Lipinski definition) is 2. The van der Waals surface area contributed by atoms with E-state index >= 15 is 0 Å². The number of hydrogen-bond acceptors (Lipinski definition) is 5. The highest BCUT2D eigenvalue weighted by Crippen LogP contribution is 2.20. The van der Waals surface area contributed by atoms with Gasteiger partial charge in [-0.2, -0.15) is 0 Å². The van der Waals surface area contributed by atoms with E-state index in [1.54, 1.807) is 36.4 Å². The number of furan rings is 1. The predicted octanol–water partition coefficient (Wildman–Crippen LogP) is 3.42. The zero-order valence-electron chi connectivity index (χ0n) is 15.0. The Balaban J connectivity index is 1.44. The zero-order chi connectivity index (χ0) is 20.1. The molecule has 144 valence electrons. The molecule has 7 nitrogen and oxygen atoms in total. The molecule has 0 saturated heterocycles. The normalized spacial score (nSPS) is 10.5. The van der Waals surface area contributed by atoms with Gasteiger partial charge in [0, 0.05) is 15.5 Å². The smallest absolute Gasteiger partial charge is 0.374 e. The zero-order valence-corrected chi connectivity index (χ0v) is 16.5. The molecule has 0 spiro atoms. The maximum Gasteiger partial charge on any atom is 0.374 e. The molecule has 2 aromatic carbocycles. The molecule has 28 heavy (non-hydrogen) atoms. The number of carbonyl (C=O) groups excluding carboxylic acids is 3. The van der Waals surface area contributed by atoms with Crippen LogP contribution in [0.5, 0.6) is 0 Å². The maximum absolute atomic E-state index is 12.0. The van der Waals surface area contributed by atoms with Crippen LogP contribution in [0.1, 0.15) is 16.1 Å². The minimum atomic E-state index is -0.749. The molecule has 2 N–H and O–H groups in total. The Labute approximate surface area is 169 Å². The topological polar surface area (TPSA) is 97.6 Å². The van der Waals surface area contributed by atoms with Gasteiger partial charge >= 0.3 is 5.97 Å². The third kappa shape index (κ3) is 4.98. The summed E-state index contributed by atoms with van der Waals surface area (Å²) in [5.74, 6) is -1.71. The van der Waals surface area contributed by atoms with E-state index in [4.69, 9.17) is 9.15 Å². The Morgan fingerprint density at radius 1 is 1.07 bits per heavy atom. The fraction of sp³-hybridized carbons (Fsp3) is 0.150. The molecule has 0 aliphatic rings. The van der Waals surface area contributed by atoms with Crippen LogP contribution in [0.2, 0.25) is 0 Å². The first-order valence-corrected chi connectivity index (χ1v) is 9.20. The summed E-state index contributed by atoms with van der Waals surface area (Å²) in [7, 11) is 0. The maximum atomic E-state index is 12.0. The summed E-state index contributed by atoms with van der Waals surface area (Å²) in [4.78, 5) is 35.8. The molecule has 2 amide bonds. The molecule has 0 fully saturated rings. The predicted molar refractivity (Wildman–Crippen MR) is 107 cm³/mol. The quantitative estimate of drug-likeness (QED) is 0.567. The molecule has 0 atom stereocenters. The van der Waals surface area contributed by atoms with Gasteiger partial charge in [0.25, 0.3) is 5.91 Å². The van der Waals surface area contributed by atoms with Crippen molar-refractivity contribution in [3.63, 3.8) is 0 Å². The van der Waals surface area contributed by atoms with Gasteiger partial charge in [0.2, 0.25) is 11.7 Å². The number of benzene rings is 2. The largest absolute Gasteiger partial charge is 0.450 e. The van der Waals surface area contributed by atoms with E-state index < -0.39 is 18.5 Å². The van der Waals surface area contributed by atoms with Gasteiger partial charge in [0.15, 0.2) is 6.61 Å². The van der Waals surface area contributed by atoms with Crippen molar-refractivity contribution >= 4 is 50.4 Å². The first-order valence-electron chi connectivity index (χ1n) is 8.41. The van der Waals surface area contributed by atoms with Crippen LogP contribution in [0.4, 0.5) is 5.69 Å². The minimum Gasteiger partial charge on any atom is -0.450 e. The monoisotopic (exact) mass is 444 g/mol. The molecule has 0 aliphatic heterocycles. The molecule has 0 saturated carbocycles. The van der Waals surface area contributed by atoms with Gasteiger partial charge < -0.3 is 19.8 Å². The standard InChI is InChI=1S/C20H17BrN2O5/c1-12-8-14(21)6-7-15(12)23-18(24)10-22-19(25)11-27-20(26)17-9-13-4-2-3-5-16(13)28-17/h2-9H,10-11H2,1H3,(H,22,25)(H,23,24). The van der Waals surface area contributed by atoms with Crippen LogP contribution in [0.3, 0.4) is 0 Å². The number of ether oxygens (including phenoxy) is 1. The number of aryl methyl sites for hydroxylation is 1.